The molecule has 0 aliphatic rings. The van der Waals surface area contributed by atoms with Crippen molar-refractivity contribution in [3.63, 3.8) is 0 Å². The van der Waals surface area contributed by atoms with Crippen LogP contribution in [0, 0.1) is 0 Å². The lowest BCUT2D eigenvalue weighted by Gasteiger charge is -2.12. The highest BCUT2D eigenvalue weighted by Gasteiger charge is 2.10. The second-order valence-electron chi connectivity index (χ2n) is 4.50. The fourth-order valence-corrected chi connectivity index (χ4v) is 3.23. The third-order valence-corrected chi connectivity index (χ3v) is 4.79. The van der Waals surface area contributed by atoms with Crippen LogP contribution in [0.1, 0.15) is 30.7 Å². The second kappa shape index (κ2) is 13.7. The Morgan fingerprint density at radius 2 is 2.18 bits per heavy atom. The average molecular weight is 478 g/mol. The molecule has 4 nitrogen and oxygen atoms in total. The Labute approximate surface area is 163 Å². The van der Waals surface area contributed by atoms with Crippen molar-refractivity contribution in [3.8, 4) is 0 Å². The molecule has 0 aliphatic heterocycles. The number of nitrogens with zero attached hydrogens (tertiary/aromatic N) is 1. The summed E-state index contributed by atoms with van der Waals surface area (Å²) in [5.74, 6) is 1.94. The van der Waals surface area contributed by atoms with Gasteiger partial charge in [0.25, 0.3) is 0 Å². The van der Waals surface area contributed by atoms with E-state index in [1.807, 2.05) is 24.8 Å². The molecule has 1 atom stereocenters. The van der Waals surface area contributed by atoms with E-state index in [1.165, 1.54) is 23.5 Å². The maximum Gasteiger partial charge on any atom is 0.191 e. The van der Waals surface area contributed by atoms with Crippen LogP contribution in [0.4, 0.5) is 0 Å². The molecule has 3 N–H and O–H groups in total. The minimum atomic E-state index is -0.602. The predicted molar refractivity (Wildman–Crippen MR) is 111 cm³/mol. The van der Waals surface area contributed by atoms with Gasteiger partial charge in [-0.2, -0.15) is 11.8 Å². The molecule has 128 valence electrons. The fraction of sp³-hybridized carbons (Fsp3) is 0.643. The van der Waals surface area contributed by atoms with Crippen LogP contribution in [-0.2, 0) is 0 Å². The van der Waals surface area contributed by atoms with Gasteiger partial charge in [0.05, 0.1) is 10.9 Å². The van der Waals surface area contributed by atoms with Crippen LogP contribution in [0.15, 0.2) is 17.1 Å². The van der Waals surface area contributed by atoms with Crippen LogP contribution in [0.25, 0.3) is 0 Å². The van der Waals surface area contributed by atoms with Crippen molar-refractivity contribution in [2.24, 2.45) is 4.99 Å². The molecular formula is C14H25ClIN3OS2. The van der Waals surface area contributed by atoms with Crippen molar-refractivity contribution in [2.75, 3.05) is 31.6 Å². The maximum absolute atomic E-state index is 10.1. The molecule has 1 rings (SSSR count). The summed E-state index contributed by atoms with van der Waals surface area (Å²) in [6.45, 7) is 4.06. The summed E-state index contributed by atoms with van der Waals surface area (Å²) in [4.78, 5) is 5.27. The van der Waals surface area contributed by atoms with Crippen molar-refractivity contribution in [1.82, 2.24) is 10.6 Å². The molecule has 0 aliphatic carbocycles. The summed E-state index contributed by atoms with van der Waals surface area (Å²) in [6, 6.07) is 3.64. The first-order valence-electron chi connectivity index (χ1n) is 7.11. The number of nitrogens with one attached hydrogen (secondary N) is 2. The number of unbranched alkanes of at least 4 members (excludes halogenated alkanes) is 1. The lowest BCUT2D eigenvalue weighted by Crippen LogP contribution is -2.38. The number of rotatable bonds is 9. The first-order chi connectivity index (χ1) is 10.2. The summed E-state index contributed by atoms with van der Waals surface area (Å²) in [5, 5.41) is 16.6. The topological polar surface area (TPSA) is 56.7 Å². The number of aliphatic hydroxyl groups is 1. The molecule has 0 amide bonds. The lowest BCUT2D eigenvalue weighted by molar-refractivity contribution is 0.191. The van der Waals surface area contributed by atoms with E-state index in [-0.39, 0.29) is 24.0 Å². The molecular weight excluding hydrogens is 453 g/mol. The van der Waals surface area contributed by atoms with Gasteiger partial charge in [-0.25, -0.2) is 0 Å². The Morgan fingerprint density at radius 3 is 2.77 bits per heavy atom. The molecule has 22 heavy (non-hydrogen) atoms. The van der Waals surface area contributed by atoms with Crippen LogP contribution in [0.5, 0.6) is 0 Å². The lowest BCUT2D eigenvalue weighted by atomic mass is 10.3. The number of aliphatic imine (C=N–C) groups is 1. The van der Waals surface area contributed by atoms with Gasteiger partial charge in [0.1, 0.15) is 6.10 Å². The van der Waals surface area contributed by atoms with Gasteiger partial charge in [-0.1, -0.05) is 11.6 Å². The number of thiophene rings is 1. The zero-order valence-electron chi connectivity index (χ0n) is 13.0. The van der Waals surface area contributed by atoms with Gasteiger partial charge >= 0.3 is 0 Å². The first kappa shape index (κ1) is 22.3. The van der Waals surface area contributed by atoms with Crippen LogP contribution >= 0.6 is 58.7 Å². The highest BCUT2D eigenvalue weighted by atomic mass is 127. The smallest absolute Gasteiger partial charge is 0.191 e. The summed E-state index contributed by atoms with van der Waals surface area (Å²) < 4.78 is 0.687. The third kappa shape index (κ3) is 9.44. The highest BCUT2D eigenvalue weighted by molar-refractivity contribution is 14.0. The summed E-state index contributed by atoms with van der Waals surface area (Å²) in [5.41, 5.74) is 0. The summed E-state index contributed by atoms with van der Waals surface area (Å²) >= 11 is 9.13. The number of aliphatic hydroxyl groups excluding tert-OH is 1. The van der Waals surface area contributed by atoms with E-state index in [4.69, 9.17) is 11.6 Å². The van der Waals surface area contributed by atoms with E-state index in [1.54, 1.807) is 6.07 Å². The normalized spacial score (nSPS) is 12.6. The van der Waals surface area contributed by atoms with Gasteiger partial charge in [-0.3, -0.25) is 4.99 Å². The Morgan fingerprint density at radius 1 is 1.41 bits per heavy atom. The number of hydrogen-bond acceptors (Lipinski definition) is 4. The molecule has 0 fully saturated rings. The first-order valence-corrected chi connectivity index (χ1v) is 9.70. The Hall–Kier alpha value is 0.300. The van der Waals surface area contributed by atoms with Gasteiger partial charge in [-0.05, 0) is 43.9 Å². The molecule has 0 radical (unpaired) electrons. The van der Waals surface area contributed by atoms with Crippen LogP contribution in [0.3, 0.4) is 0 Å². The van der Waals surface area contributed by atoms with E-state index < -0.39 is 6.10 Å². The number of hydrogen-bond donors (Lipinski definition) is 3. The van der Waals surface area contributed by atoms with E-state index in [0.717, 1.165) is 30.3 Å². The molecule has 0 spiro atoms. The van der Waals surface area contributed by atoms with Gasteiger partial charge in [0.2, 0.25) is 0 Å². The minimum absolute atomic E-state index is 0. The largest absolute Gasteiger partial charge is 0.386 e. The van der Waals surface area contributed by atoms with Gasteiger partial charge in [-0.15, -0.1) is 35.3 Å². The Kier molecular flexibility index (Phi) is 13.9. The predicted octanol–water partition coefficient (Wildman–Crippen LogP) is 3.75. The maximum atomic E-state index is 10.1. The molecule has 0 bridgehead atoms. The Balaban J connectivity index is 0.00000441. The fourth-order valence-electron chi connectivity index (χ4n) is 1.70. The standard InChI is InChI=1S/C14H24ClN3OS2.HI/c1-3-16-14(17-8-4-5-9-20-2)18-10-11(19)12-6-7-13(15)21-12;/h6-7,11,19H,3-5,8-10H2,1-2H3,(H2,16,17,18);1H. The molecule has 0 saturated carbocycles. The second-order valence-corrected chi connectivity index (χ2v) is 7.24. The molecule has 0 saturated heterocycles. The van der Waals surface area contributed by atoms with Gasteiger partial charge in [0, 0.05) is 18.0 Å². The minimum Gasteiger partial charge on any atom is -0.386 e. The van der Waals surface area contributed by atoms with Crippen LogP contribution in [0.2, 0.25) is 4.34 Å². The van der Waals surface area contributed by atoms with Crippen molar-refractivity contribution in [1.29, 1.82) is 0 Å². The SMILES string of the molecule is CCNC(=NCC(O)c1ccc(Cl)s1)NCCCCSC.I. The number of thioether (sulfide) groups is 1. The van der Waals surface area contributed by atoms with Crippen LogP contribution in [-0.4, -0.2) is 42.7 Å². The monoisotopic (exact) mass is 477 g/mol. The quantitative estimate of drug-likeness (QED) is 0.219. The van der Waals surface area contributed by atoms with Gasteiger partial charge in [0.15, 0.2) is 5.96 Å². The summed E-state index contributed by atoms with van der Waals surface area (Å²) in [6.07, 6.45) is 3.84. The molecule has 1 heterocycles. The molecule has 0 aromatic carbocycles. The zero-order valence-corrected chi connectivity index (χ0v) is 17.7. The van der Waals surface area contributed by atoms with Gasteiger partial charge < -0.3 is 15.7 Å². The number of guanidine groups is 1. The van der Waals surface area contributed by atoms with Crippen LogP contribution < -0.4 is 10.6 Å². The third-order valence-electron chi connectivity index (χ3n) is 2.76. The molecule has 1 aromatic rings. The van der Waals surface area contributed by atoms with E-state index in [2.05, 4.69) is 21.9 Å². The summed E-state index contributed by atoms with van der Waals surface area (Å²) in [7, 11) is 0. The van der Waals surface area contributed by atoms with E-state index >= 15 is 0 Å². The van der Waals surface area contributed by atoms with Crippen molar-refractivity contribution >= 4 is 64.6 Å². The number of halogens is 2. The van der Waals surface area contributed by atoms with E-state index in [9.17, 15) is 5.11 Å². The molecule has 1 unspecified atom stereocenters. The van der Waals surface area contributed by atoms with Crippen molar-refractivity contribution in [2.45, 2.75) is 25.9 Å². The van der Waals surface area contributed by atoms with E-state index in [0.29, 0.717) is 10.9 Å². The van der Waals surface area contributed by atoms with Crippen molar-refractivity contribution < 1.29 is 5.11 Å². The highest BCUT2D eigenvalue weighted by Crippen LogP contribution is 2.26. The van der Waals surface area contributed by atoms with Crippen molar-refractivity contribution in [3.05, 3.63) is 21.3 Å². The molecule has 8 heteroatoms. The zero-order chi connectivity index (χ0) is 15.5. The Bertz CT molecular complexity index is 432. The average Bonchev–Trinajstić information content (AvgIpc) is 2.90. The molecule has 1 aromatic heterocycles.